The van der Waals surface area contributed by atoms with Gasteiger partial charge < -0.3 is 11.1 Å². The summed E-state index contributed by atoms with van der Waals surface area (Å²) in [5, 5.41) is 7.13. The molecule has 21 heavy (non-hydrogen) atoms. The molecule has 2 rings (SSSR count). The summed E-state index contributed by atoms with van der Waals surface area (Å²) in [6.07, 6.45) is 3.60. The second kappa shape index (κ2) is 6.10. The van der Waals surface area contributed by atoms with Gasteiger partial charge in [-0.05, 0) is 23.1 Å². The molecule has 2 aromatic rings. The maximum Gasteiger partial charge on any atom is 0.237 e. The Balaban J connectivity index is 2.10. The third-order valence-electron chi connectivity index (χ3n) is 3.41. The first kappa shape index (κ1) is 15.3. The van der Waals surface area contributed by atoms with Gasteiger partial charge in [-0.2, -0.15) is 5.10 Å². The zero-order valence-electron chi connectivity index (χ0n) is 12.7. The van der Waals surface area contributed by atoms with Crippen molar-refractivity contribution in [2.24, 2.45) is 11.1 Å². The number of aromatic nitrogens is 2. The van der Waals surface area contributed by atoms with E-state index >= 15 is 0 Å². The number of carbonyl (C=O) groups is 1. The first-order valence-corrected chi connectivity index (χ1v) is 7.01. The average Bonchev–Trinajstić information content (AvgIpc) is 2.97. The molecule has 1 aromatic carbocycles. The van der Waals surface area contributed by atoms with Gasteiger partial charge in [0.05, 0.1) is 11.7 Å². The number of hydrogen-bond donors (Lipinski definition) is 2. The predicted octanol–water partition coefficient (Wildman–Crippen LogP) is 1.86. The minimum absolute atomic E-state index is 0.141. The van der Waals surface area contributed by atoms with E-state index in [0.29, 0.717) is 6.54 Å². The van der Waals surface area contributed by atoms with Gasteiger partial charge in [0.25, 0.3) is 0 Å². The number of para-hydroxylation sites is 1. The number of amides is 1. The number of rotatable bonds is 4. The van der Waals surface area contributed by atoms with Crippen molar-refractivity contribution in [2.45, 2.75) is 33.4 Å². The van der Waals surface area contributed by atoms with Crippen molar-refractivity contribution in [3.8, 4) is 5.69 Å². The van der Waals surface area contributed by atoms with Crippen LogP contribution in [0.4, 0.5) is 0 Å². The molecule has 1 atom stereocenters. The standard InChI is InChI=1S/C16H22N4O/c1-16(2,3)14(17)15(21)18-11-12-7-4-5-8-13(12)20-10-6-9-19-20/h4-10,14H,11,17H2,1-3H3,(H,18,21)/t14-/m0/s1. The first-order valence-electron chi connectivity index (χ1n) is 7.01. The molecule has 1 aromatic heterocycles. The molecule has 3 N–H and O–H groups in total. The van der Waals surface area contributed by atoms with E-state index in [-0.39, 0.29) is 11.3 Å². The molecule has 1 heterocycles. The molecule has 0 radical (unpaired) electrons. The van der Waals surface area contributed by atoms with Gasteiger partial charge in [0, 0.05) is 18.9 Å². The Morgan fingerprint density at radius 3 is 2.67 bits per heavy atom. The largest absolute Gasteiger partial charge is 0.351 e. The molecule has 0 saturated heterocycles. The summed E-state index contributed by atoms with van der Waals surface area (Å²) in [6.45, 7) is 6.29. The van der Waals surface area contributed by atoms with Crippen LogP contribution in [-0.2, 0) is 11.3 Å². The number of hydrogen-bond acceptors (Lipinski definition) is 3. The highest BCUT2D eigenvalue weighted by Crippen LogP contribution is 2.18. The first-order chi connectivity index (χ1) is 9.89. The van der Waals surface area contributed by atoms with Gasteiger partial charge in [-0.3, -0.25) is 4.79 Å². The minimum Gasteiger partial charge on any atom is -0.351 e. The molecule has 0 unspecified atom stereocenters. The topological polar surface area (TPSA) is 72.9 Å². The van der Waals surface area contributed by atoms with Crippen molar-refractivity contribution in [3.05, 3.63) is 48.3 Å². The molecular formula is C16H22N4O. The van der Waals surface area contributed by atoms with Crippen LogP contribution in [0.25, 0.3) is 5.69 Å². The van der Waals surface area contributed by atoms with Crippen molar-refractivity contribution >= 4 is 5.91 Å². The van der Waals surface area contributed by atoms with Crippen molar-refractivity contribution < 1.29 is 4.79 Å². The maximum atomic E-state index is 12.1. The lowest BCUT2D eigenvalue weighted by molar-refractivity contribution is -0.124. The van der Waals surface area contributed by atoms with Gasteiger partial charge in [-0.1, -0.05) is 39.0 Å². The predicted molar refractivity (Wildman–Crippen MR) is 82.8 cm³/mol. The Morgan fingerprint density at radius 2 is 2.05 bits per heavy atom. The van der Waals surface area contributed by atoms with E-state index in [1.807, 2.05) is 57.3 Å². The van der Waals surface area contributed by atoms with Crippen LogP contribution in [0.1, 0.15) is 26.3 Å². The van der Waals surface area contributed by atoms with Crippen molar-refractivity contribution in [1.82, 2.24) is 15.1 Å². The van der Waals surface area contributed by atoms with Crippen LogP contribution in [-0.4, -0.2) is 21.7 Å². The third kappa shape index (κ3) is 3.70. The summed E-state index contributed by atoms with van der Waals surface area (Å²) in [5.41, 5.74) is 7.65. The Bertz CT molecular complexity index is 599. The Labute approximate surface area is 125 Å². The fourth-order valence-corrected chi connectivity index (χ4v) is 1.98. The van der Waals surface area contributed by atoms with E-state index in [1.54, 1.807) is 10.9 Å². The lowest BCUT2D eigenvalue weighted by Gasteiger charge is -2.26. The molecular weight excluding hydrogens is 264 g/mol. The van der Waals surface area contributed by atoms with Gasteiger partial charge in [-0.15, -0.1) is 0 Å². The summed E-state index contributed by atoms with van der Waals surface area (Å²) < 4.78 is 1.78. The Hall–Kier alpha value is -2.14. The molecule has 0 aliphatic rings. The van der Waals surface area contributed by atoms with Gasteiger partial charge in [-0.25, -0.2) is 4.68 Å². The zero-order valence-corrected chi connectivity index (χ0v) is 12.7. The van der Waals surface area contributed by atoms with Crippen LogP contribution in [0.3, 0.4) is 0 Å². The molecule has 0 bridgehead atoms. The van der Waals surface area contributed by atoms with Crippen LogP contribution < -0.4 is 11.1 Å². The summed E-state index contributed by atoms with van der Waals surface area (Å²) in [4.78, 5) is 12.1. The van der Waals surface area contributed by atoms with E-state index in [9.17, 15) is 4.79 Å². The molecule has 0 aliphatic carbocycles. The lowest BCUT2D eigenvalue weighted by atomic mass is 9.87. The highest BCUT2D eigenvalue weighted by atomic mass is 16.2. The van der Waals surface area contributed by atoms with E-state index in [2.05, 4.69) is 10.4 Å². The monoisotopic (exact) mass is 286 g/mol. The van der Waals surface area contributed by atoms with Gasteiger partial charge in [0.2, 0.25) is 5.91 Å². The van der Waals surface area contributed by atoms with Crippen LogP contribution in [0.15, 0.2) is 42.7 Å². The van der Waals surface area contributed by atoms with Gasteiger partial charge in [0.1, 0.15) is 0 Å². The molecule has 0 aliphatic heterocycles. The molecule has 5 nitrogen and oxygen atoms in total. The molecule has 5 heteroatoms. The molecule has 0 fully saturated rings. The quantitative estimate of drug-likeness (QED) is 0.901. The number of carbonyl (C=O) groups excluding carboxylic acids is 1. The highest BCUT2D eigenvalue weighted by Gasteiger charge is 2.27. The summed E-state index contributed by atoms with van der Waals surface area (Å²) >= 11 is 0. The molecule has 0 spiro atoms. The molecule has 0 saturated carbocycles. The third-order valence-corrected chi connectivity index (χ3v) is 3.41. The highest BCUT2D eigenvalue weighted by molar-refractivity contribution is 5.82. The summed E-state index contributed by atoms with van der Waals surface area (Å²) in [5.74, 6) is -0.141. The lowest BCUT2D eigenvalue weighted by Crippen LogP contribution is -2.48. The Kier molecular flexibility index (Phi) is 4.43. The smallest absolute Gasteiger partial charge is 0.237 e. The van der Waals surface area contributed by atoms with Crippen LogP contribution in [0.2, 0.25) is 0 Å². The van der Waals surface area contributed by atoms with Crippen molar-refractivity contribution in [2.75, 3.05) is 0 Å². The number of benzene rings is 1. The summed E-state index contributed by atoms with van der Waals surface area (Å²) in [6, 6.07) is 9.17. The second-order valence-electron chi connectivity index (χ2n) is 6.14. The minimum atomic E-state index is -0.533. The normalized spacial score (nSPS) is 13.0. The average molecular weight is 286 g/mol. The van der Waals surface area contributed by atoms with Crippen molar-refractivity contribution in [3.63, 3.8) is 0 Å². The van der Waals surface area contributed by atoms with E-state index < -0.39 is 6.04 Å². The van der Waals surface area contributed by atoms with Crippen LogP contribution in [0, 0.1) is 5.41 Å². The number of nitrogens with zero attached hydrogens (tertiary/aromatic N) is 2. The number of nitrogens with two attached hydrogens (primary N) is 1. The van der Waals surface area contributed by atoms with Crippen LogP contribution >= 0.6 is 0 Å². The number of nitrogens with one attached hydrogen (secondary N) is 1. The zero-order chi connectivity index (χ0) is 15.5. The second-order valence-corrected chi connectivity index (χ2v) is 6.14. The van der Waals surface area contributed by atoms with E-state index in [1.165, 1.54) is 0 Å². The SMILES string of the molecule is CC(C)(C)[C@@H](N)C(=O)NCc1ccccc1-n1cccn1. The van der Waals surface area contributed by atoms with Crippen LogP contribution in [0.5, 0.6) is 0 Å². The van der Waals surface area contributed by atoms with E-state index in [0.717, 1.165) is 11.3 Å². The fraction of sp³-hybridized carbons (Fsp3) is 0.375. The maximum absolute atomic E-state index is 12.1. The van der Waals surface area contributed by atoms with Crippen molar-refractivity contribution in [1.29, 1.82) is 0 Å². The van der Waals surface area contributed by atoms with E-state index in [4.69, 9.17) is 5.73 Å². The molecule has 1 amide bonds. The fourth-order valence-electron chi connectivity index (χ4n) is 1.98. The Morgan fingerprint density at radius 1 is 1.33 bits per heavy atom. The van der Waals surface area contributed by atoms with Gasteiger partial charge in [0.15, 0.2) is 0 Å². The molecule has 112 valence electrons. The van der Waals surface area contributed by atoms with Gasteiger partial charge >= 0.3 is 0 Å². The summed E-state index contributed by atoms with van der Waals surface area (Å²) in [7, 11) is 0.